The lowest BCUT2D eigenvalue weighted by molar-refractivity contribution is -0.107. The first kappa shape index (κ1) is 11.9. The van der Waals surface area contributed by atoms with Gasteiger partial charge in [0, 0.05) is 15.4 Å². The zero-order chi connectivity index (χ0) is 10.6. The van der Waals surface area contributed by atoms with Gasteiger partial charge in [0.15, 0.2) is 0 Å². The van der Waals surface area contributed by atoms with Gasteiger partial charge in [0.05, 0.1) is 0 Å². The molecule has 0 aromatic heterocycles. The van der Waals surface area contributed by atoms with Gasteiger partial charge in [-0.25, -0.2) is 0 Å². The van der Waals surface area contributed by atoms with Crippen LogP contribution in [0.25, 0.3) is 0 Å². The van der Waals surface area contributed by atoms with E-state index >= 15 is 0 Å². The standard InChI is InChI=1S/C11H12Br2O/c1-8-10(12)6-9(7-11(8)13)4-2-3-5-14/h5-7H,2-4H2,1H3. The maximum atomic E-state index is 10.2. The minimum Gasteiger partial charge on any atom is -0.303 e. The molecule has 3 heteroatoms. The van der Waals surface area contributed by atoms with Crippen molar-refractivity contribution in [3.63, 3.8) is 0 Å². The van der Waals surface area contributed by atoms with Crippen molar-refractivity contribution in [1.29, 1.82) is 0 Å². The van der Waals surface area contributed by atoms with E-state index in [1.807, 2.05) is 0 Å². The number of carbonyl (C=O) groups excluding carboxylic acids is 1. The fraction of sp³-hybridized carbons (Fsp3) is 0.364. The van der Waals surface area contributed by atoms with E-state index < -0.39 is 0 Å². The second kappa shape index (κ2) is 5.66. The van der Waals surface area contributed by atoms with Crippen molar-refractivity contribution in [2.75, 3.05) is 0 Å². The highest BCUT2D eigenvalue weighted by Crippen LogP contribution is 2.26. The van der Waals surface area contributed by atoms with E-state index in [4.69, 9.17) is 0 Å². The van der Waals surface area contributed by atoms with Gasteiger partial charge in [-0.1, -0.05) is 31.9 Å². The molecule has 0 aliphatic heterocycles. The van der Waals surface area contributed by atoms with E-state index in [9.17, 15) is 4.79 Å². The molecule has 1 aromatic rings. The Hall–Kier alpha value is -0.150. The number of hydrogen-bond donors (Lipinski definition) is 0. The van der Waals surface area contributed by atoms with Crippen LogP contribution in [0.15, 0.2) is 21.1 Å². The zero-order valence-corrected chi connectivity index (χ0v) is 11.2. The molecule has 14 heavy (non-hydrogen) atoms. The summed E-state index contributed by atoms with van der Waals surface area (Å²) in [7, 11) is 0. The van der Waals surface area contributed by atoms with Crippen molar-refractivity contribution in [1.82, 2.24) is 0 Å². The SMILES string of the molecule is Cc1c(Br)cc(CCCC=O)cc1Br. The fourth-order valence-electron chi connectivity index (χ4n) is 1.23. The normalized spacial score (nSPS) is 10.2. The van der Waals surface area contributed by atoms with Gasteiger partial charge in [-0.05, 0) is 43.0 Å². The van der Waals surface area contributed by atoms with Crippen molar-refractivity contribution in [3.05, 3.63) is 32.2 Å². The summed E-state index contributed by atoms with van der Waals surface area (Å²) in [6, 6.07) is 4.23. The summed E-state index contributed by atoms with van der Waals surface area (Å²) in [5.41, 5.74) is 2.47. The van der Waals surface area contributed by atoms with Gasteiger partial charge in [0.2, 0.25) is 0 Å². The van der Waals surface area contributed by atoms with Crippen LogP contribution in [0.2, 0.25) is 0 Å². The quantitative estimate of drug-likeness (QED) is 0.604. The van der Waals surface area contributed by atoms with Gasteiger partial charge in [-0.15, -0.1) is 0 Å². The lowest BCUT2D eigenvalue weighted by Gasteiger charge is -2.06. The van der Waals surface area contributed by atoms with Gasteiger partial charge in [-0.3, -0.25) is 0 Å². The predicted octanol–water partition coefficient (Wildman–Crippen LogP) is 4.04. The molecule has 0 fully saturated rings. The number of aldehydes is 1. The molecular formula is C11H12Br2O. The van der Waals surface area contributed by atoms with Crippen LogP contribution >= 0.6 is 31.9 Å². The summed E-state index contributed by atoms with van der Waals surface area (Å²) in [6.45, 7) is 2.06. The van der Waals surface area contributed by atoms with Gasteiger partial charge in [0.25, 0.3) is 0 Å². The first-order chi connectivity index (χ1) is 6.65. The Bertz CT molecular complexity index is 311. The second-order valence-corrected chi connectivity index (χ2v) is 4.95. The summed E-state index contributed by atoms with van der Waals surface area (Å²) >= 11 is 7.01. The lowest BCUT2D eigenvalue weighted by atomic mass is 10.1. The van der Waals surface area contributed by atoms with Gasteiger partial charge >= 0.3 is 0 Å². The first-order valence-corrected chi connectivity index (χ1v) is 6.12. The molecule has 0 atom stereocenters. The topological polar surface area (TPSA) is 17.1 Å². The van der Waals surface area contributed by atoms with Crippen LogP contribution in [0, 0.1) is 6.92 Å². The van der Waals surface area contributed by atoms with E-state index in [1.165, 1.54) is 11.1 Å². The van der Waals surface area contributed by atoms with Gasteiger partial charge in [0.1, 0.15) is 6.29 Å². The summed E-state index contributed by atoms with van der Waals surface area (Å²) in [5, 5.41) is 0. The monoisotopic (exact) mass is 318 g/mol. The molecule has 0 radical (unpaired) electrons. The van der Waals surface area contributed by atoms with Crippen molar-refractivity contribution in [2.45, 2.75) is 26.2 Å². The molecule has 0 saturated heterocycles. The van der Waals surface area contributed by atoms with E-state index in [2.05, 4.69) is 50.9 Å². The Morgan fingerprint density at radius 2 is 1.86 bits per heavy atom. The van der Waals surface area contributed by atoms with E-state index in [0.29, 0.717) is 6.42 Å². The third-order valence-electron chi connectivity index (χ3n) is 2.13. The summed E-state index contributed by atoms with van der Waals surface area (Å²) < 4.78 is 2.24. The molecule has 0 aliphatic carbocycles. The van der Waals surface area contributed by atoms with Crippen LogP contribution in [0.1, 0.15) is 24.0 Å². The van der Waals surface area contributed by atoms with Crippen LogP contribution in [0.3, 0.4) is 0 Å². The Morgan fingerprint density at radius 3 is 2.36 bits per heavy atom. The van der Waals surface area contributed by atoms with E-state index in [0.717, 1.165) is 28.1 Å². The number of unbranched alkanes of at least 4 members (excludes halogenated alkanes) is 1. The highest BCUT2D eigenvalue weighted by atomic mass is 79.9. The van der Waals surface area contributed by atoms with Crippen molar-refractivity contribution < 1.29 is 4.79 Å². The number of halogens is 2. The van der Waals surface area contributed by atoms with Crippen molar-refractivity contribution in [3.8, 4) is 0 Å². The predicted molar refractivity (Wildman–Crippen MR) is 65.6 cm³/mol. The van der Waals surface area contributed by atoms with Crippen molar-refractivity contribution in [2.24, 2.45) is 0 Å². The first-order valence-electron chi connectivity index (χ1n) is 4.53. The van der Waals surface area contributed by atoms with Gasteiger partial charge < -0.3 is 4.79 Å². The molecule has 76 valence electrons. The molecule has 1 nitrogen and oxygen atoms in total. The highest BCUT2D eigenvalue weighted by Gasteiger charge is 2.02. The number of hydrogen-bond acceptors (Lipinski definition) is 1. The Labute approximate surface area is 101 Å². The Balaban J connectivity index is 2.74. The molecule has 0 heterocycles. The fourth-order valence-corrected chi connectivity index (χ4v) is 2.51. The number of rotatable bonds is 4. The second-order valence-electron chi connectivity index (χ2n) is 3.24. The molecule has 0 N–H and O–H groups in total. The summed E-state index contributed by atoms with van der Waals surface area (Å²) in [4.78, 5) is 10.2. The highest BCUT2D eigenvalue weighted by molar-refractivity contribution is 9.11. The number of aryl methyl sites for hydroxylation is 1. The number of carbonyl (C=O) groups is 1. The summed E-state index contributed by atoms with van der Waals surface area (Å²) in [6.07, 6.45) is 3.49. The molecule has 1 rings (SSSR count). The molecule has 0 aliphatic rings. The minimum atomic E-state index is 0.642. The smallest absolute Gasteiger partial charge is 0.120 e. The maximum absolute atomic E-state index is 10.2. The third kappa shape index (κ3) is 3.21. The summed E-state index contributed by atoms with van der Waals surface area (Å²) in [5.74, 6) is 0. The van der Waals surface area contributed by atoms with Crippen LogP contribution in [-0.2, 0) is 11.2 Å². The largest absolute Gasteiger partial charge is 0.303 e. The third-order valence-corrected chi connectivity index (χ3v) is 3.78. The Kier molecular flexibility index (Phi) is 4.82. The molecule has 0 unspecified atom stereocenters. The zero-order valence-electron chi connectivity index (χ0n) is 8.02. The lowest BCUT2D eigenvalue weighted by Crippen LogP contribution is -1.89. The van der Waals surface area contributed by atoms with Crippen LogP contribution < -0.4 is 0 Å². The minimum absolute atomic E-state index is 0.642. The van der Waals surface area contributed by atoms with Crippen LogP contribution in [-0.4, -0.2) is 6.29 Å². The molecule has 0 spiro atoms. The molecule has 0 saturated carbocycles. The van der Waals surface area contributed by atoms with E-state index in [1.54, 1.807) is 0 Å². The maximum Gasteiger partial charge on any atom is 0.120 e. The van der Waals surface area contributed by atoms with Crippen LogP contribution in [0.4, 0.5) is 0 Å². The molecular weight excluding hydrogens is 308 g/mol. The van der Waals surface area contributed by atoms with E-state index in [-0.39, 0.29) is 0 Å². The average Bonchev–Trinajstić information content (AvgIpc) is 2.14. The van der Waals surface area contributed by atoms with Crippen LogP contribution in [0.5, 0.6) is 0 Å². The Morgan fingerprint density at radius 1 is 1.29 bits per heavy atom. The molecule has 0 amide bonds. The average molecular weight is 320 g/mol. The van der Waals surface area contributed by atoms with Gasteiger partial charge in [-0.2, -0.15) is 0 Å². The van der Waals surface area contributed by atoms with Crippen molar-refractivity contribution >= 4 is 38.1 Å². The molecule has 0 bridgehead atoms. The molecule has 1 aromatic carbocycles. The number of benzene rings is 1.